The molecular weight excluding hydrogens is 270 g/mol. The second kappa shape index (κ2) is 5.77. The van der Waals surface area contributed by atoms with Gasteiger partial charge in [0.2, 0.25) is 0 Å². The van der Waals surface area contributed by atoms with Crippen LogP contribution in [-0.2, 0) is 13.5 Å². The zero-order valence-corrected chi connectivity index (χ0v) is 12.2. The van der Waals surface area contributed by atoms with Gasteiger partial charge in [-0.05, 0) is 25.0 Å². The lowest BCUT2D eigenvalue weighted by atomic mass is 10.1. The van der Waals surface area contributed by atoms with Gasteiger partial charge in [0, 0.05) is 13.5 Å². The van der Waals surface area contributed by atoms with E-state index in [2.05, 4.69) is 26.9 Å². The molecule has 0 aliphatic carbocycles. The van der Waals surface area contributed by atoms with Gasteiger partial charge in [-0.1, -0.05) is 23.0 Å². The van der Waals surface area contributed by atoms with Gasteiger partial charge in [0.15, 0.2) is 0 Å². The van der Waals surface area contributed by atoms with E-state index in [0.29, 0.717) is 0 Å². The number of aryl methyl sites for hydroxylation is 2. The molecular formula is C11H16ClN5S. The van der Waals surface area contributed by atoms with Crippen molar-refractivity contribution in [2.45, 2.75) is 26.3 Å². The summed E-state index contributed by atoms with van der Waals surface area (Å²) in [5.74, 6) is 0. The Morgan fingerprint density at radius 3 is 2.83 bits per heavy atom. The molecule has 0 saturated heterocycles. The first kappa shape index (κ1) is 13.5. The maximum Gasteiger partial charge on any atom is 0.0847 e. The van der Waals surface area contributed by atoms with E-state index in [4.69, 9.17) is 11.6 Å². The van der Waals surface area contributed by atoms with Gasteiger partial charge in [0.05, 0.1) is 33.5 Å². The summed E-state index contributed by atoms with van der Waals surface area (Å²) in [4.78, 5) is 1.12. The van der Waals surface area contributed by atoms with Gasteiger partial charge in [0.1, 0.15) is 0 Å². The Bertz CT molecular complexity index is 508. The third-order valence-electron chi connectivity index (χ3n) is 2.83. The third kappa shape index (κ3) is 2.71. The van der Waals surface area contributed by atoms with E-state index in [1.807, 2.05) is 18.7 Å². The first-order valence-corrected chi connectivity index (χ1v) is 6.97. The molecule has 0 radical (unpaired) electrons. The molecule has 2 rings (SSSR count). The zero-order valence-electron chi connectivity index (χ0n) is 10.6. The molecule has 1 atom stereocenters. The molecule has 0 amide bonds. The molecule has 0 saturated carbocycles. The average molecular weight is 286 g/mol. The van der Waals surface area contributed by atoms with Crippen LogP contribution in [0.2, 0.25) is 5.02 Å². The second-order valence-corrected chi connectivity index (χ2v) is 5.30. The van der Waals surface area contributed by atoms with E-state index in [-0.39, 0.29) is 6.04 Å². The molecule has 98 valence electrons. The smallest absolute Gasteiger partial charge is 0.0847 e. The molecule has 1 unspecified atom stereocenters. The molecule has 0 aliphatic rings. The van der Waals surface area contributed by atoms with E-state index in [0.717, 1.165) is 34.3 Å². The van der Waals surface area contributed by atoms with Crippen molar-refractivity contribution in [1.82, 2.24) is 24.7 Å². The third-order valence-corrected chi connectivity index (χ3v) is 4.10. The predicted molar refractivity (Wildman–Crippen MR) is 73.0 cm³/mol. The van der Waals surface area contributed by atoms with Gasteiger partial charge >= 0.3 is 0 Å². The summed E-state index contributed by atoms with van der Waals surface area (Å²) in [6.07, 6.45) is 2.59. The predicted octanol–water partition coefficient (Wildman–Crippen LogP) is 2.13. The highest BCUT2D eigenvalue weighted by atomic mass is 35.5. The van der Waals surface area contributed by atoms with Crippen LogP contribution in [0.15, 0.2) is 6.20 Å². The molecule has 7 heteroatoms. The van der Waals surface area contributed by atoms with Crippen molar-refractivity contribution in [2.24, 2.45) is 7.05 Å². The van der Waals surface area contributed by atoms with E-state index in [1.54, 1.807) is 6.20 Å². The van der Waals surface area contributed by atoms with Crippen LogP contribution >= 0.6 is 23.1 Å². The van der Waals surface area contributed by atoms with Crippen LogP contribution in [0.5, 0.6) is 0 Å². The van der Waals surface area contributed by atoms with Crippen molar-refractivity contribution in [3.63, 3.8) is 0 Å². The maximum absolute atomic E-state index is 6.28. The second-order valence-electron chi connectivity index (χ2n) is 4.10. The number of nitrogens with zero attached hydrogens (tertiary/aromatic N) is 4. The van der Waals surface area contributed by atoms with Gasteiger partial charge in [-0.2, -0.15) is 5.10 Å². The molecule has 5 nitrogen and oxygen atoms in total. The number of aromatic nitrogens is 4. The van der Waals surface area contributed by atoms with Gasteiger partial charge in [-0.25, -0.2) is 0 Å². The molecule has 0 spiro atoms. The SMILES string of the molecule is CCNC(Cc1c(Cl)c(C)nn1C)c1cnns1. The Morgan fingerprint density at radius 2 is 2.33 bits per heavy atom. The minimum absolute atomic E-state index is 0.183. The Labute approximate surface area is 115 Å². The van der Waals surface area contributed by atoms with E-state index < -0.39 is 0 Å². The molecule has 1 N–H and O–H groups in total. The molecule has 0 aromatic carbocycles. The fourth-order valence-electron chi connectivity index (χ4n) is 1.94. The summed E-state index contributed by atoms with van der Waals surface area (Å²) in [5, 5.41) is 12.4. The highest BCUT2D eigenvalue weighted by Crippen LogP contribution is 2.26. The minimum atomic E-state index is 0.183. The first-order chi connectivity index (χ1) is 8.63. The highest BCUT2D eigenvalue weighted by molar-refractivity contribution is 7.05. The maximum atomic E-state index is 6.28. The van der Waals surface area contributed by atoms with Crippen LogP contribution in [0, 0.1) is 6.92 Å². The van der Waals surface area contributed by atoms with Gasteiger partial charge in [-0.15, -0.1) is 5.10 Å². The molecule has 0 fully saturated rings. The quantitative estimate of drug-likeness (QED) is 0.914. The highest BCUT2D eigenvalue weighted by Gasteiger charge is 2.19. The Kier molecular flexibility index (Phi) is 4.31. The van der Waals surface area contributed by atoms with Crippen molar-refractivity contribution >= 4 is 23.1 Å². The molecule has 2 heterocycles. The molecule has 0 bridgehead atoms. The van der Waals surface area contributed by atoms with Crippen LogP contribution in [0.4, 0.5) is 0 Å². The fraction of sp³-hybridized carbons (Fsp3) is 0.545. The van der Waals surface area contributed by atoms with Crippen molar-refractivity contribution < 1.29 is 0 Å². The van der Waals surface area contributed by atoms with Gasteiger partial charge in [0.25, 0.3) is 0 Å². The number of hydrogen-bond acceptors (Lipinski definition) is 5. The lowest BCUT2D eigenvalue weighted by Crippen LogP contribution is -2.23. The van der Waals surface area contributed by atoms with Crippen molar-refractivity contribution in [3.8, 4) is 0 Å². The lowest BCUT2D eigenvalue weighted by molar-refractivity contribution is 0.535. The Hall–Kier alpha value is -0.980. The zero-order chi connectivity index (χ0) is 13.1. The standard InChI is InChI=1S/C11H16ClN5S/c1-4-13-8(10-6-14-16-18-10)5-9-11(12)7(2)15-17(9)3/h6,8,13H,4-5H2,1-3H3. The van der Waals surface area contributed by atoms with Crippen LogP contribution in [0.3, 0.4) is 0 Å². The normalized spacial score (nSPS) is 12.9. The van der Waals surface area contributed by atoms with Gasteiger partial charge < -0.3 is 5.32 Å². The monoisotopic (exact) mass is 285 g/mol. The van der Waals surface area contributed by atoms with Crippen molar-refractivity contribution in [2.75, 3.05) is 6.54 Å². The molecule has 18 heavy (non-hydrogen) atoms. The largest absolute Gasteiger partial charge is 0.309 e. The number of hydrogen-bond donors (Lipinski definition) is 1. The van der Waals surface area contributed by atoms with Crippen LogP contribution in [0.25, 0.3) is 0 Å². The summed E-state index contributed by atoms with van der Waals surface area (Å²) < 4.78 is 5.76. The lowest BCUT2D eigenvalue weighted by Gasteiger charge is -2.15. The number of rotatable bonds is 5. The summed E-state index contributed by atoms with van der Waals surface area (Å²) in [5.41, 5.74) is 1.90. The summed E-state index contributed by atoms with van der Waals surface area (Å²) in [6, 6.07) is 0.183. The number of halogens is 1. The summed E-state index contributed by atoms with van der Waals surface area (Å²) in [7, 11) is 1.92. The van der Waals surface area contributed by atoms with Crippen LogP contribution in [0.1, 0.15) is 29.2 Å². The average Bonchev–Trinajstić information content (AvgIpc) is 2.93. The van der Waals surface area contributed by atoms with Gasteiger partial charge in [-0.3, -0.25) is 4.68 Å². The molecule has 2 aromatic heterocycles. The van der Waals surface area contributed by atoms with Crippen molar-refractivity contribution in [1.29, 1.82) is 0 Å². The van der Waals surface area contributed by atoms with E-state index in [9.17, 15) is 0 Å². The minimum Gasteiger partial charge on any atom is -0.309 e. The van der Waals surface area contributed by atoms with Crippen LogP contribution in [-0.4, -0.2) is 25.9 Å². The number of likely N-dealkylation sites (N-methyl/N-ethyl adjacent to an activating group) is 1. The fourth-order valence-corrected chi connectivity index (χ4v) is 2.76. The van der Waals surface area contributed by atoms with Crippen LogP contribution < -0.4 is 5.32 Å². The van der Waals surface area contributed by atoms with Crippen molar-refractivity contribution in [3.05, 3.63) is 27.5 Å². The Balaban J connectivity index is 2.24. The summed E-state index contributed by atoms with van der Waals surface area (Å²) in [6.45, 7) is 4.89. The summed E-state index contributed by atoms with van der Waals surface area (Å²) >= 11 is 7.69. The molecule has 2 aromatic rings. The van der Waals surface area contributed by atoms with E-state index >= 15 is 0 Å². The van der Waals surface area contributed by atoms with E-state index in [1.165, 1.54) is 11.5 Å². The Morgan fingerprint density at radius 1 is 1.56 bits per heavy atom. The molecule has 0 aliphatic heterocycles. The number of nitrogens with one attached hydrogen (secondary N) is 1. The topological polar surface area (TPSA) is 55.6 Å². The first-order valence-electron chi connectivity index (χ1n) is 5.82.